The van der Waals surface area contributed by atoms with Gasteiger partial charge in [-0.15, -0.1) is 0 Å². The summed E-state index contributed by atoms with van der Waals surface area (Å²) in [5.41, 5.74) is 1.91. The summed E-state index contributed by atoms with van der Waals surface area (Å²) in [7, 11) is 0. The Hall–Kier alpha value is -2.42. The average Bonchev–Trinajstić information content (AvgIpc) is 2.43. The van der Waals surface area contributed by atoms with Gasteiger partial charge in [0.05, 0.1) is 6.54 Å². The Labute approximate surface area is 117 Å². The zero-order valence-electron chi connectivity index (χ0n) is 11.6. The Kier molecular flexibility index (Phi) is 3.11. The van der Waals surface area contributed by atoms with Crippen molar-refractivity contribution in [3.05, 3.63) is 76.0 Å². The summed E-state index contributed by atoms with van der Waals surface area (Å²) in [6.07, 6.45) is 0. The summed E-state index contributed by atoms with van der Waals surface area (Å²) in [6.45, 7) is 4.27. The van der Waals surface area contributed by atoms with Gasteiger partial charge in [0.2, 0.25) is 0 Å². The Balaban J connectivity index is 2.13. The van der Waals surface area contributed by atoms with Crippen LogP contribution in [-0.2, 0) is 6.54 Å². The second kappa shape index (κ2) is 4.93. The molecule has 0 aliphatic rings. The van der Waals surface area contributed by atoms with Gasteiger partial charge in [-0.3, -0.25) is 9.36 Å². The zero-order chi connectivity index (χ0) is 14.1. The minimum absolute atomic E-state index is 0.00272. The van der Waals surface area contributed by atoms with E-state index in [1.165, 1.54) is 10.8 Å². The molecule has 1 heterocycles. The fourth-order valence-corrected chi connectivity index (χ4v) is 2.56. The molecule has 3 nitrogen and oxygen atoms in total. The third-order valence-electron chi connectivity index (χ3n) is 3.54. The number of benzene rings is 2. The number of nitrogens with zero attached hydrogens (tertiary/aromatic N) is 2. The van der Waals surface area contributed by atoms with Crippen molar-refractivity contribution in [3.63, 3.8) is 0 Å². The van der Waals surface area contributed by atoms with Crippen molar-refractivity contribution >= 4 is 10.8 Å². The van der Waals surface area contributed by atoms with E-state index in [4.69, 9.17) is 0 Å². The monoisotopic (exact) mass is 264 g/mol. The van der Waals surface area contributed by atoms with Gasteiger partial charge >= 0.3 is 0 Å². The number of aromatic nitrogens is 2. The summed E-state index contributed by atoms with van der Waals surface area (Å²) in [6, 6.07) is 16.0. The first-order chi connectivity index (χ1) is 9.65. The van der Waals surface area contributed by atoms with Crippen molar-refractivity contribution in [1.29, 1.82) is 0 Å². The lowest BCUT2D eigenvalue weighted by Gasteiger charge is -2.11. The molecule has 0 unspecified atom stereocenters. The molecule has 0 atom stereocenters. The van der Waals surface area contributed by atoms with Crippen LogP contribution in [0.5, 0.6) is 0 Å². The molecule has 100 valence electrons. The Morgan fingerprint density at radius 3 is 2.60 bits per heavy atom. The summed E-state index contributed by atoms with van der Waals surface area (Å²) < 4.78 is 1.72. The highest BCUT2D eigenvalue weighted by atomic mass is 16.1. The van der Waals surface area contributed by atoms with E-state index in [-0.39, 0.29) is 5.56 Å². The van der Waals surface area contributed by atoms with Crippen molar-refractivity contribution in [2.45, 2.75) is 20.4 Å². The summed E-state index contributed by atoms with van der Waals surface area (Å²) >= 11 is 0. The van der Waals surface area contributed by atoms with Crippen molar-refractivity contribution in [2.24, 2.45) is 0 Å². The molecular formula is C17H16N2O. The molecule has 2 aromatic carbocycles. The summed E-state index contributed by atoms with van der Waals surface area (Å²) in [5, 5.41) is 2.37. The molecular weight excluding hydrogens is 248 g/mol. The van der Waals surface area contributed by atoms with E-state index in [0.29, 0.717) is 6.54 Å². The fraction of sp³-hybridized carbons (Fsp3) is 0.176. The molecule has 0 radical (unpaired) electrons. The van der Waals surface area contributed by atoms with Crippen molar-refractivity contribution in [3.8, 4) is 0 Å². The maximum absolute atomic E-state index is 12.1. The first kappa shape index (κ1) is 12.6. The van der Waals surface area contributed by atoms with E-state index in [2.05, 4.69) is 29.2 Å². The smallest absolute Gasteiger partial charge is 0.254 e. The van der Waals surface area contributed by atoms with Gasteiger partial charge in [-0.2, -0.15) is 0 Å². The van der Waals surface area contributed by atoms with Crippen LogP contribution >= 0.6 is 0 Å². The van der Waals surface area contributed by atoms with Crippen LogP contribution in [0.25, 0.3) is 10.8 Å². The molecule has 0 saturated heterocycles. The average molecular weight is 264 g/mol. The van der Waals surface area contributed by atoms with Crippen LogP contribution < -0.4 is 5.56 Å². The molecule has 3 heteroatoms. The number of aryl methyl sites for hydroxylation is 2. The summed E-state index contributed by atoms with van der Waals surface area (Å²) in [4.78, 5) is 16.5. The predicted octanol–water partition coefficient (Wildman–Crippen LogP) is 3.06. The van der Waals surface area contributed by atoms with Crippen LogP contribution in [0, 0.1) is 13.8 Å². The molecule has 0 spiro atoms. The van der Waals surface area contributed by atoms with Crippen LogP contribution in [0.1, 0.15) is 17.1 Å². The second-order valence-corrected chi connectivity index (χ2v) is 5.01. The van der Waals surface area contributed by atoms with Crippen LogP contribution in [0.2, 0.25) is 0 Å². The molecule has 3 aromatic rings. The van der Waals surface area contributed by atoms with Gasteiger partial charge in [-0.1, -0.05) is 42.5 Å². The first-order valence-electron chi connectivity index (χ1n) is 6.67. The lowest BCUT2D eigenvalue weighted by atomic mass is 10.0. The van der Waals surface area contributed by atoms with Crippen molar-refractivity contribution in [2.75, 3.05) is 0 Å². The Morgan fingerprint density at radius 2 is 1.80 bits per heavy atom. The maximum Gasteiger partial charge on any atom is 0.254 e. The lowest BCUT2D eigenvalue weighted by molar-refractivity contribution is 0.697. The number of hydrogen-bond donors (Lipinski definition) is 0. The second-order valence-electron chi connectivity index (χ2n) is 5.01. The van der Waals surface area contributed by atoms with Crippen LogP contribution in [0.3, 0.4) is 0 Å². The molecule has 0 fully saturated rings. The van der Waals surface area contributed by atoms with E-state index >= 15 is 0 Å². The topological polar surface area (TPSA) is 34.9 Å². The third kappa shape index (κ3) is 2.23. The van der Waals surface area contributed by atoms with E-state index in [1.807, 2.05) is 32.0 Å². The van der Waals surface area contributed by atoms with E-state index in [0.717, 1.165) is 17.1 Å². The quantitative estimate of drug-likeness (QED) is 0.713. The molecule has 20 heavy (non-hydrogen) atoms. The molecule has 0 N–H and O–H groups in total. The highest BCUT2D eigenvalue weighted by Crippen LogP contribution is 2.19. The lowest BCUT2D eigenvalue weighted by Crippen LogP contribution is -2.24. The third-order valence-corrected chi connectivity index (χ3v) is 3.54. The van der Waals surface area contributed by atoms with E-state index in [1.54, 1.807) is 10.6 Å². The highest BCUT2D eigenvalue weighted by molar-refractivity contribution is 5.85. The molecule has 0 bridgehead atoms. The van der Waals surface area contributed by atoms with Crippen molar-refractivity contribution in [1.82, 2.24) is 9.55 Å². The van der Waals surface area contributed by atoms with Gasteiger partial charge in [0.1, 0.15) is 5.82 Å². The molecule has 0 saturated carbocycles. The number of rotatable bonds is 2. The SMILES string of the molecule is Cc1cc(=O)n(Cc2cccc3ccccc23)c(C)n1. The molecule has 3 rings (SSSR count). The molecule has 0 aliphatic carbocycles. The predicted molar refractivity (Wildman–Crippen MR) is 81.0 cm³/mol. The van der Waals surface area contributed by atoms with Crippen molar-refractivity contribution < 1.29 is 0 Å². The number of hydrogen-bond acceptors (Lipinski definition) is 2. The molecule has 0 amide bonds. The minimum atomic E-state index is 0.00272. The highest BCUT2D eigenvalue weighted by Gasteiger charge is 2.06. The van der Waals surface area contributed by atoms with Gasteiger partial charge in [-0.25, -0.2) is 4.98 Å². The first-order valence-corrected chi connectivity index (χ1v) is 6.67. The van der Waals surface area contributed by atoms with Gasteiger partial charge in [0, 0.05) is 11.8 Å². The molecule has 0 aliphatic heterocycles. The number of fused-ring (bicyclic) bond motifs is 1. The van der Waals surface area contributed by atoms with Gasteiger partial charge in [0.15, 0.2) is 0 Å². The largest absolute Gasteiger partial charge is 0.292 e. The molecule has 1 aromatic heterocycles. The van der Waals surface area contributed by atoms with Gasteiger partial charge < -0.3 is 0 Å². The van der Waals surface area contributed by atoms with Gasteiger partial charge in [0.25, 0.3) is 5.56 Å². The Morgan fingerprint density at radius 1 is 1.05 bits per heavy atom. The normalized spacial score (nSPS) is 10.9. The minimum Gasteiger partial charge on any atom is -0.292 e. The van der Waals surface area contributed by atoms with E-state index < -0.39 is 0 Å². The van der Waals surface area contributed by atoms with Crippen LogP contribution in [0.4, 0.5) is 0 Å². The standard InChI is InChI=1S/C17H16N2O/c1-12-10-17(20)19(13(2)18-12)11-15-8-5-7-14-6-3-4-9-16(14)15/h3-10H,11H2,1-2H3. The fourth-order valence-electron chi connectivity index (χ4n) is 2.56. The van der Waals surface area contributed by atoms with Crippen LogP contribution in [0.15, 0.2) is 53.3 Å². The van der Waals surface area contributed by atoms with Gasteiger partial charge in [-0.05, 0) is 30.2 Å². The summed E-state index contributed by atoms with van der Waals surface area (Å²) in [5.74, 6) is 0.753. The Bertz CT molecular complexity index is 829. The zero-order valence-corrected chi connectivity index (χ0v) is 11.6. The van der Waals surface area contributed by atoms with Crippen LogP contribution in [-0.4, -0.2) is 9.55 Å². The van der Waals surface area contributed by atoms with E-state index in [9.17, 15) is 4.79 Å². The maximum atomic E-state index is 12.1.